The minimum absolute atomic E-state index is 0.185. The largest absolute Gasteiger partial charge is 0.508 e. The van der Waals surface area contributed by atoms with Gasteiger partial charge in [0.2, 0.25) is 0 Å². The van der Waals surface area contributed by atoms with Gasteiger partial charge in [-0.15, -0.1) is 0 Å². The second kappa shape index (κ2) is 6.48. The number of hydrogen-bond acceptors (Lipinski definition) is 2. The number of phenols is 1. The van der Waals surface area contributed by atoms with E-state index in [1.807, 2.05) is 12.1 Å². The van der Waals surface area contributed by atoms with Crippen molar-refractivity contribution in [3.05, 3.63) is 54.3 Å². The second-order valence-electron chi connectivity index (χ2n) is 3.84. The van der Waals surface area contributed by atoms with Gasteiger partial charge in [-0.05, 0) is 56.1 Å². The highest BCUT2D eigenvalue weighted by Gasteiger charge is 2.10. The molecule has 2 rings (SSSR count). The van der Waals surface area contributed by atoms with Crippen LogP contribution in [0.3, 0.4) is 0 Å². The molecule has 6 heteroatoms. The number of rotatable bonds is 3. The fourth-order valence-electron chi connectivity index (χ4n) is 1.61. The van der Waals surface area contributed by atoms with E-state index in [0.29, 0.717) is 17.1 Å². The molecule has 2 aromatic rings. The summed E-state index contributed by atoms with van der Waals surface area (Å²) in [6.45, 7) is 0.435. The van der Waals surface area contributed by atoms with Crippen molar-refractivity contribution < 1.29 is 5.11 Å². The highest BCUT2D eigenvalue weighted by atomic mass is 79.9. The van der Waals surface area contributed by atoms with Gasteiger partial charge in [-0.2, -0.15) is 0 Å². The van der Waals surface area contributed by atoms with E-state index in [1.165, 1.54) is 0 Å². The Labute approximate surface area is 141 Å². The molecule has 100 valence electrons. The lowest BCUT2D eigenvalue weighted by atomic mass is 10.2. The van der Waals surface area contributed by atoms with Gasteiger partial charge < -0.3 is 10.4 Å². The number of aromatic hydroxyl groups is 1. The average molecular weight is 470 g/mol. The standard InChI is InChI=1S/C13H9Br3ClNO/c14-7-4-9(15)13(10(16)5-7)18-6-8-11(17)2-1-3-12(8)19/h1-5,18-19H,6H2. The molecule has 0 aromatic heterocycles. The summed E-state index contributed by atoms with van der Waals surface area (Å²) >= 11 is 16.5. The molecule has 0 fully saturated rings. The fraction of sp³-hybridized carbons (Fsp3) is 0.0769. The van der Waals surface area contributed by atoms with Crippen LogP contribution in [0.4, 0.5) is 5.69 Å². The molecule has 0 radical (unpaired) electrons. The van der Waals surface area contributed by atoms with E-state index >= 15 is 0 Å². The molecule has 0 atom stereocenters. The number of benzene rings is 2. The maximum absolute atomic E-state index is 9.80. The molecule has 19 heavy (non-hydrogen) atoms. The van der Waals surface area contributed by atoms with Gasteiger partial charge in [0.1, 0.15) is 5.75 Å². The van der Waals surface area contributed by atoms with Crippen LogP contribution in [0.15, 0.2) is 43.7 Å². The van der Waals surface area contributed by atoms with Crippen molar-refractivity contribution in [1.29, 1.82) is 0 Å². The van der Waals surface area contributed by atoms with Crippen LogP contribution in [0.25, 0.3) is 0 Å². The zero-order valence-electron chi connectivity index (χ0n) is 9.55. The van der Waals surface area contributed by atoms with E-state index in [-0.39, 0.29) is 5.75 Å². The SMILES string of the molecule is Oc1cccc(Cl)c1CNc1c(Br)cc(Br)cc1Br. The maximum atomic E-state index is 9.80. The predicted molar refractivity (Wildman–Crippen MR) is 90.0 cm³/mol. The highest BCUT2D eigenvalue weighted by molar-refractivity contribution is 9.11. The normalized spacial score (nSPS) is 10.5. The van der Waals surface area contributed by atoms with Crippen molar-refractivity contribution in [2.24, 2.45) is 0 Å². The molecule has 0 unspecified atom stereocenters. The van der Waals surface area contributed by atoms with Crippen molar-refractivity contribution in [3.8, 4) is 5.75 Å². The molecule has 2 N–H and O–H groups in total. The van der Waals surface area contributed by atoms with Crippen molar-refractivity contribution in [2.75, 3.05) is 5.32 Å². The summed E-state index contributed by atoms with van der Waals surface area (Å²) in [5.41, 5.74) is 1.58. The zero-order chi connectivity index (χ0) is 14.0. The van der Waals surface area contributed by atoms with Crippen LogP contribution in [-0.4, -0.2) is 5.11 Å². The number of phenolic OH excluding ortho intramolecular Hbond substituents is 1. The van der Waals surface area contributed by atoms with E-state index in [0.717, 1.165) is 19.1 Å². The van der Waals surface area contributed by atoms with Crippen LogP contribution in [0.1, 0.15) is 5.56 Å². The Bertz CT molecular complexity index is 576. The first-order valence-electron chi connectivity index (χ1n) is 5.34. The number of hydrogen-bond donors (Lipinski definition) is 2. The average Bonchev–Trinajstić information content (AvgIpc) is 2.31. The molecule has 0 aliphatic heterocycles. The van der Waals surface area contributed by atoms with Crippen molar-refractivity contribution >= 4 is 65.1 Å². The predicted octanol–water partition coefficient (Wildman–Crippen LogP) is 5.95. The summed E-state index contributed by atoms with van der Waals surface area (Å²) in [6, 6.07) is 8.98. The minimum atomic E-state index is 0.185. The van der Waals surface area contributed by atoms with Gasteiger partial charge in [0.25, 0.3) is 0 Å². The third kappa shape index (κ3) is 3.66. The third-order valence-corrected chi connectivity index (χ3v) is 4.61. The van der Waals surface area contributed by atoms with E-state index in [9.17, 15) is 5.11 Å². The third-order valence-electron chi connectivity index (χ3n) is 2.54. The summed E-state index contributed by atoms with van der Waals surface area (Å²) in [4.78, 5) is 0. The fourth-order valence-corrected chi connectivity index (χ4v) is 4.39. The van der Waals surface area contributed by atoms with Crippen molar-refractivity contribution in [1.82, 2.24) is 0 Å². The Morgan fingerprint density at radius 3 is 2.32 bits per heavy atom. The molecule has 0 aliphatic carbocycles. The van der Waals surface area contributed by atoms with Crippen LogP contribution < -0.4 is 5.32 Å². The summed E-state index contributed by atoms with van der Waals surface area (Å²) in [5, 5.41) is 13.6. The van der Waals surface area contributed by atoms with E-state index < -0.39 is 0 Å². The summed E-state index contributed by atoms with van der Waals surface area (Å²) in [7, 11) is 0. The molecule has 0 aliphatic rings. The first-order chi connectivity index (χ1) is 8.99. The zero-order valence-corrected chi connectivity index (χ0v) is 15.1. The Kier molecular flexibility index (Phi) is 5.17. The van der Waals surface area contributed by atoms with Crippen LogP contribution in [0, 0.1) is 0 Å². The Morgan fingerprint density at radius 2 is 1.74 bits per heavy atom. The molecule has 0 saturated carbocycles. The van der Waals surface area contributed by atoms with Gasteiger partial charge in [-0.3, -0.25) is 0 Å². The van der Waals surface area contributed by atoms with Crippen LogP contribution in [0.2, 0.25) is 5.02 Å². The minimum Gasteiger partial charge on any atom is -0.508 e. The molecular weight excluding hydrogens is 461 g/mol. The van der Waals surface area contributed by atoms with Gasteiger partial charge in [0, 0.05) is 30.5 Å². The molecular formula is C13H9Br3ClNO. The number of halogens is 4. The van der Waals surface area contributed by atoms with Gasteiger partial charge >= 0.3 is 0 Å². The van der Waals surface area contributed by atoms with Crippen LogP contribution in [0.5, 0.6) is 5.75 Å². The lowest BCUT2D eigenvalue weighted by molar-refractivity contribution is 0.469. The number of nitrogens with one attached hydrogen (secondary N) is 1. The molecule has 2 nitrogen and oxygen atoms in total. The van der Waals surface area contributed by atoms with Gasteiger partial charge in [0.05, 0.1) is 5.69 Å². The molecule has 0 bridgehead atoms. The highest BCUT2D eigenvalue weighted by Crippen LogP contribution is 2.35. The molecule has 0 amide bonds. The maximum Gasteiger partial charge on any atom is 0.122 e. The van der Waals surface area contributed by atoms with E-state index in [2.05, 4.69) is 53.1 Å². The topological polar surface area (TPSA) is 32.3 Å². The van der Waals surface area contributed by atoms with Gasteiger partial charge in [0.15, 0.2) is 0 Å². The first-order valence-corrected chi connectivity index (χ1v) is 8.09. The Balaban J connectivity index is 2.24. The summed E-state index contributed by atoms with van der Waals surface area (Å²) in [5.74, 6) is 0.185. The smallest absolute Gasteiger partial charge is 0.122 e. The number of anilines is 1. The van der Waals surface area contributed by atoms with Crippen molar-refractivity contribution in [2.45, 2.75) is 6.54 Å². The second-order valence-corrected chi connectivity index (χ2v) is 6.87. The first kappa shape index (κ1) is 15.2. The molecule has 0 saturated heterocycles. The lowest BCUT2D eigenvalue weighted by Crippen LogP contribution is -2.02. The molecule has 0 spiro atoms. The molecule has 2 aromatic carbocycles. The monoisotopic (exact) mass is 467 g/mol. The van der Waals surface area contributed by atoms with Gasteiger partial charge in [-0.1, -0.05) is 33.6 Å². The van der Waals surface area contributed by atoms with Crippen LogP contribution in [-0.2, 0) is 6.54 Å². The van der Waals surface area contributed by atoms with Crippen molar-refractivity contribution in [3.63, 3.8) is 0 Å². The Morgan fingerprint density at radius 1 is 1.11 bits per heavy atom. The van der Waals surface area contributed by atoms with E-state index in [1.54, 1.807) is 18.2 Å². The lowest BCUT2D eigenvalue weighted by Gasteiger charge is -2.13. The van der Waals surface area contributed by atoms with E-state index in [4.69, 9.17) is 11.6 Å². The molecule has 0 heterocycles. The van der Waals surface area contributed by atoms with Crippen LogP contribution >= 0.6 is 59.4 Å². The summed E-state index contributed by atoms with van der Waals surface area (Å²) in [6.07, 6.45) is 0. The Hall–Kier alpha value is -0.230. The summed E-state index contributed by atoms with van der Waals surface area (Å²) < 4.78 is 2.80. The quantitative estimate of drug-likeness (QED) is 0.582. The van der Waals surface area contributed by atoms with Gasteiger partial charge in [-0.25, -0.2) is 0 Å².